The molecule has 0 aliphatic carbocycles. The average molecular weight is 2090 g/mol. The van der Waals surface area contributed by atoms with Crippen molar-refractivity contribution in [2.45, 2.75) is 459 Å². The van der Waals surface area contributed by atoms with E-state index in [4.69, 9.17) is 48.8 Å². The van der Waals surface area contributed by atoms with Gasteiger partial charge in [-0.05, 0) is 91.9 Å². The summed E-state index contributed by atoms with van der Waals surface area (Å²) in [6, 6.07) is -2.02. The van der Waals surface area contributed by atoms with E-state index in [-0.39, 0.29) is 124 Å². The molecule has 0 spiro atoms. The van der Waals surface area contributed by atoms with Gasteiger partial charge in [0.2, 0.25) is 41.4 Å². The third-order valence-corrected chi connectivity index (χ3v) is 22.8. The Balaban J connectivity index is -0.000000435. The van der Waals surface area contributed by atoms with E-state index >= 15 is 0 Å². The fraction of sp³-hybridized carbons (Fsp3) is 0.853. The predicted molar refractivity (Wildman–Crippen MR) is 568 cm³/mol. The van der Waals surface area contributed by atoms with Crippen LogP contribution in [0.25, 0.3) is 0 Å². The highest BCUT2D eigenvalue weighted by atomic mass is 16.5. The lowest BCUT2D eigenvalue weighted by Crippen LogP contribution is -2.43. The van der Waals surface area contributed by atoms with Crippen molar-refractivity contribution in [3.63, 3.8) is 0 Å². The number of carbonyl (C=O) groups excluding carboxylic acids is 10. The number of methoxy groups -OCH3 is 2. The van der Waals surface area contributed by atoms with Crippen molar-refractivity contribution in [2.24, 2.45) is 0 Å². The number of amides is 7. The summed E-state index contributed by atoms with van der Waals surface area (Å²) in [5.41, 5.74) is 0. The topological polar surface area (TPSA) is 544 Å². The van der Waals surface area contributed by atoms with E-state index in [9.17, 15) is 86.9 Å². The molecule has 37 heteroatoms. The van der Waals surface area contributed by atoms with E-state index in [0.717, 1.165) is 133 Å². The Morgan fingerprint density at radius 2 is 0.479 bits per heavy atom. The molecule has 7 amide bonds. The highest BCUT2D eigenvalue weighted by Gasteiger charge is 2.24. The fourth-order valence-corrected chi connectivity index (χ4v) is 14.6. The minimum atomic E-state index is -1.14. The number of carboxylic acids is 6. The zero-order valence-electron chi connectivity index (χ0n) is 92.1. The minimum Gasteiger partial charge on any atom is -0.481 e. The van der Waals surface area contributed by atoms with Gasteiger partial charge in [0.15, 0.2) is 17.3 Å². The zero-order valence-corrected chi connectivity index (χ0v) is 92.1. The molecule has 12 N–H and O–H groups in total. The first-order chi connectivity index (χ1) is 70.3. The molecule has 0 unspecified atom stereocenters. The lowest BCUT2D eigenvalue weighted by molar-refractivity contribution is -0.146. The number of ketones is 3. The number of nitrogens with one attached hydrogen (secondary N) is 6. The number of hydrogen-bond acceptors (Lipinski definition) is 24. The highest BCUT2D eigenvalue weighted by molar-refractivity contribution is 5.88. The molecule has 0 saturated carbocycles. The fourth-order valence-electron chi connectivity index (χ4n) is 14.6. The smallest absolute Gasteiger partial charge is 0.326 e. The van der Waals surface area contributed by atoms with Gasteiger partial charge in [0.1, 0.15) is 45.0 Å². The van der Waals surface area contributed by atoms with Gasteiger partial charge in [-0.3, -0.25) is 67.1 Å². The predicted octanol–water partition coefficient (Wildman–Crippen LogP) is 18.1. The van der Waals surface area contributed by atoms with E-state index in [1.807, 2.05) is 20.8 Å². The van der Waals surface area contributed by atoms with Crippen LogP contribution in [0.3, 0.4) is 0 Å². The summed E-state index contributed by atoms with van der Waals surface area (Å²) in [5, 5.41) is 69.3. The zero-order chi connectivity index (χ0) is 110. The van der Waals surface area contributed by atoms with Crippen LogP contribution in [-0.4, -0.2) is 288 Å². The summed E-state index contributed by atoms with van der Waals surface area (Å²) in [6.45, 7) is 18.7. The van der Waals surface area contributed by atoms with Gasteiger partial charge in [0.05, 0.1) is 66.1 Å². The van der Waals surface area contributed by atoms with Crippen LogP contribution in [0.5, 0.6) is 0 Å². The van der Waals surface area contributed by atoms with Gasteiger partial charge >= 0.3 is 35.8 Å². The average Bonchev–Trinajstić information content (AvgIpc) is 0.889. The summed E-state index contributed by atoms with van der Waals surface area (Å²) < 4.78 is 39.6. The molecule has 2 atom stereocenters. The number of ether oxygens (including phenoxy) is 8. The maximum Gasteiger partial charge on any atom is 0.326 e. The second kappa shape index (κ2) is 120. The second-order valence-corrected chi connectivity index (χ2v) is 37.2. The van der Waals surface area contributed by atoms with Crippen LogP contribution in [0, 0.1) is 0 Å². The third-order valence-electron chi connectivity index (χ3n) is 22.8. The summed E-state index contributed by atoms with van der Waals surface area (Å²) in [7, 11) is 3.19. The number of carbonyl (C=O) groups is 16. The van der Waals surface area contributed by atoms with E-state index in [2.05, 4.69) is 41.4 Å². The first-order valence-corrected chi connectivity index (χ1v) is 55.4. The molecule has 0 aromatic heterocycles. The van der Waals surface area contributed by atoms with E-state index in [1.165, 1.54) is 227 Å². The Bertz CT molecular complexity index is 3010. The van der Waals surface area contributed by atoms with Gasteiger partial charge in [-0.1, -0.05) is 296 Å². The number of Topliss-reactive ketones (excluding diaryl/α,β-unsaturated/α-hetero) is 3. The number of carboxylic acid groups (broad SMARTS) is 6. The molecule has 0 heterocycles. The van der Waals surface area contributed by atoms with E-state index in [0.29, 0.717) is 124 Å². The highest BCUT2D eigenvalue weighted by Crippen LogP contribution is 2.20. The quantitative estimate of drug-likeness (QED) is 0.0252. The first kappa shape index (κ1) is 148. The van der Waals surface area contributed by atoms with Crippen LogP contribution in [0.15, 0.2) is 0 Å². The molecule has 0 aliphatic rings. The third kappa shape index (κ3) is 136. The SMILES string of the molecule is CC(=O)COCCOCCNC(C)=O.CCCNC(=O)CC[C@@H](NC(=O)CCCCCCCCCCCCCCCCCCCCC(=O)O)C(=O)O.CCCNC(=O)CC[C@H](NC(=O)CCCCCCCCCCCCCCCCCCCCC(=O)O)C(=O)O.CCOCCOCCNC(=O)CN(CC(=O)O)C(=O)CCCCCCCCCCCCCCCCC(=O)O.COCCOCC(C)=O.COCCOCC(C)=O. The Hall–Kier alpha value is -8.20. The number of aliphatic carboxylic acids is 6. The van der Waals surface area contributed by atoms with Crippen LogP contribution < -0.4 is 31.9 Å². The van der Waals surface area contributed by atoms with Gasteiger partial charge < -0.3 is 105 Å². The Kier molecular flexibility index (Phi) is 122. The van der Waals surface area contributed by atoms with Crippen LogP contribution in [0.1, 0.15) is 447 Å². The van der Waals surface area contributed by atoms with Gasteiger partial charge in [0, 0.05) is 105 Å². The molecule has 0 radical (unpaired) electrons. The van der Waals surface area contributed by atoms with Gasteiger partial charge in [-0.15, -0.1) is 0 Å². The van der Waals surface area contributed by atoms with Crippen molar-refractivity contribution >= 4 is 94.5 Å². The normalized spacial score (nSPS) is 11.0. The van der Waals surface area contributed by atoms with Crippen molar-refractivity contribution in [1.82, 2.24) is 36.8 Å². The summed E-state index contributed by atoms with van der Waals surface area (Å²) in [5.74, 6) is -6.95. The molecule has 0 bridgehead atoms. The number of unbranched alkanes of at least 4 members (excludes halogenated alkanes) is 47. The van der Waals surface area contributed by atoms with E-state index in [1.54, 1.807) is 14.2 Å². The Labute approximate surface area is 876 Å². The molecular formula is C109H205N7O30. The number of hydrogen-bond donors (Lipinski definition) is 12. The molecule has 146 heavy (non-hydrogen) atoms. The van der Waals surface area contributed by atoms with Crippen molar-refractivity contribution in [1.29, 1.82) is 0 Å². The van der Waals surface area contributed by atoms with Crippen LogP contribution >= 0.6 is 0 Å². The van der Waals surface area contributed by atoms with Gasteiger partial charge in [-0.2, -0.15) is 0 Å². The molecule has 0 rings (SSSR count). The second-order valence-electron chi connectivity index (χ2n) is 37.2. The number of nitrogens with zero attached hydrogens (tertiary/aromatic N) is 1. The molecular weight excluding hydrogens is 1890 g/mol. The Morgan fingerprint density at radius 3 is 0.719 bits per heavy atom. The maximum absolute atomic E-state index is 12.5. The molecule has 0 aromatic rings. The maximum atomic E-state index is 12.5. The molecule has 0 saturated heterocycles. The largest absolute Gasteiger partial charge is 0.481 e. The Morgan fingerprint density at radius 1 is 0.240 bits per heavy atom. The summed E-state index contributed by atoms with van der Waals surface area (Å²) >= 11 is 0. The monoisotopic (exact) mass is 2090 g/mol. The molecule has 0 aromatic carbocycles. The molecule has 0 fully saturated rings. The molecule has 0 aliphatic heterocycles. The van der Waals surface area contributed by atoms with Gasteiger partial charge in [-0.25, -0.2) is 9.59 Å². The minimum absolute atomic E-state index is 0.00301. The molecule has 37 nitrogen and oxygen atoms in total. The van der Waals surface area contributed by atoms with E-state index < -0.39 is 60.4 Å². The summed E-state index contributed by atoms with van der Waals surface area (Å²) in [6.07, 6.45) is 61.7. The first-order valence-electron chi connectivity index (χ1n) is 55.4. The van der Waals surface area contributed by atoms with Gasteiger partial charge in [0.25, 0.3) is 0 Å². The van der Waals surface area contributed by atoms with Crippen LogP contribution in [0.2, 0.25) is 0 Å². The summed E-state index contributed by atoms with van der Waals surface area (Å²) in [4.78, 5) is 180. The van der Waals surface area contributed by atoms with Crippen LogP contribution in [-0.2, 0) is 115 Å². The lowest BCUT2D eigenvalue weighted by Gasteiger charge is -2.20. The lowest BCUT2D eigenvalue weighted by atomic mass is 10.0. The van der Waals surface area contributed by atoms with Crippen molar-refractivity contribution in [2.75, 3.05) is 146 Å². The van der Waals surface area contributed by atoms with Crippen molar-refractivity contribution < 1.29 is 145 Å². The number of rotatable bonds is 102. The molecule has 856 valence electrons. The van der Waals surface area contributed by atoms with Crippen molar-refractivity contribution in [3.8, 4) is 0 Å². The van der Waals surface area contributed by atoms with Crippen molar-refractivity contribution in [3.05, 3.63) is 0 Å². The van der Waals surface area contributed by atoms with Crippen LogP contribution in [0.4, 0.5) is 0 Å². The standard InChI is InChI=1S/2C30H56N2O6.C28H52N2O8.C9H17NO4.2C6H12O3/c2*1-2-25-31-27(33)24-23-26(30(37)38)32-28(34)21-19-17-15-13-11-9-7-5-3-4-6-8-10-12-14-16-18-20-22-29(35)36;1-2-37-21-22-38-20-19-29-25(31)23-30(24-28(35)36)26(32)17-15-13-11-9-7-5-3-4-6-8-10-12-14-16-18-27(33)34;1-8(11)7-14-6-5-13-4-3-10-9(2)12;2*1-6(7)5-9-4-3-8-2/h2*26H,2-25H2,1H3,(H,31,33)(H,32,34)(H,35,36)(H,37,38);2-24H2,1H3,(H,29,31)(H,33,34)(H,35,36);3-7H2,1-2H3,(H,10,12);2*3-5H2,1-2H3/t2*26-;;;;/m10..../s1.